The Morgan fingerprint density at radius 1 is 1.36 bits per heavy atom. The fraction of sp³-hybridized carbons (Fsp3) is 0.600. The van der Waals surface area contributed by atoms with Crippen molar-refractivity contribution in [2.75, 3.05) is 0 Å². The lowest BCUT2D eigenvalue weighted by Crippen LogP contribution is -1.91. The average Bonchev–Trinajstić information content (AvgIpc) is 1.91. The second-order valence-electron chi connectivity index (χ2n) is 2.53. The fourth-order valence-electron chi connectivity index (χ4n) is 1.04. The number of rotatable bonds is 0. The van der Waals surface area contributed by atoms with E-state index in [0.717, 1.165) is 5.92 Å². The Bertz CT molecular complexity index is 134. The average molecular weight is 175 g/mol. The zero-order valence-corrected chi connectivity index (χ0v) is 8.74. The van der Waals surface area contributed by atoms with Crippen LogP contribution in [0.15, 0.2) is 23.8 Å². The van der Waals surface area contributed by atoms with Crippen LogP contribution in [-0.2, 0) is 0 Å². The minimum atomic E-state index is 0. The summed E-state index contributed by atoms with van der Waals surface area (Å²) < 4.78 is 0. The Balaban J connectivity index is 0. The van der Waals surface area contributed by atoms with E-state index in [1.807, 2.05) is 13.8 Å². The van der Waals surface area contributed by atoms with Crippen molar-refractivity contribution in [1.82, 2.24) is 0 Å². The highest BCUT2D eigenvalue weighted by molar-refractivity contribution is 5.85. The van der Waals surface area contributed by atoms with Crippen LogP contribution < -0.4 is 0 Å². The molecule has 1 atom stereocenters. The molecule has 0 amide bonds. The first kappa shape index (κ1) is 13.4. The van der Waals surface area contributed by atoms with Crippen LogP contribution in [0.4, 0.5) is 0 Å². The van der Waals surface area contributed by atoms with Gasteiger partial charge in [-0.15, -0.1) is 12.4 Å². The molecule has 11 heavy (non-hydrogen) atoms. The van der Waals surface area contributed by atoms with Crippen LogP contribution in [0.1, 0.15) is 34.1 Å². The van der Waals surface area contributed by atoms with Crippen molar-refractivity contribution in [3.8, 4) is 0 Å². The molecule has 0 saturated carbocycles. The van der Waals surface area contributed by atoms with Crippen LogP contribution in [0.5, 0.6) is 0 Å². The van der Waals surface area contributed by atoms with Gasteiger partial charge in [-0.25, -0.2) is 0 Å². The summed E-state index contributed by atoms with van der Waals surface area (Å²) >= 11 is 0. The summed E-state index contributed by atoms with van der Waals surface area (Å²) in [4.78, 5) is 0. The van der Waals surface area contributed by atoms with Gasteiger partial charge in [-0.3, -0.25) is 0 Å². The third kappa shape index (κ3) is 6.18. The SMILES string of the molecule is CC.CC1=CC(C)CC=C1.Cl. The van der Waals surface area contributed by atoms with Gasteiger partial charge in [0.2, 0.25) is 0 Å². The van der Waals surface area contributed by atoms with E-state index in [2.05, 4.69) is 32.1 Å². The molecule has 0 spiro atoms. The van der Waals surface area contributed by atoms with Crippen molar-refractivity contribution in [3.05, 3.63) is 23.8 Å². The first-order valence-electron chi connectivity index (χ1n) is 4.14. The molecule has 0 fully saturated rings. The van der Waals surface area contributed by atoms with Crippen LogP contribution in [0, 0.1) is 5.92 Å². The van der Waals surface area contributed by atoms with Gasteiger partial charge >= 0.3 is 0 Å². The molecule has 1 rings (SSSR count). The third-order valence-electron chi connectivity index (χ3n) is 1.44. The lowest BCUT2D eigenvalue weighted by atomic mass is 9.99. The van der Waals surface area contributed by atoms with Crippen molar-refractivity contribution in [3.63, 3.8) is 0 Å². The van der Waals surface area contributed by atoms with Crippen LogP contribution in [0.3, 0.4) is 0 Å². The second-order valence-corrected chi connectivity index (χ2v) is 2.53. The molecule has 66 valence electrons. The second kappa shape index (κ2) is 7.87. The summed E-state index contributed by atoms with van der Waals surface area (Å²) in [6.45, 7) is 8.39. The van der Waals surface area contributed by atoms with Crippen molar-refractivity contribution >= 4 is 12.4 Å². The van der Waals surface area contributed by atoms with Crippen LogP contribution >= 0.6 is 12.4 Å². The van der Waals surface area contributed by atoms with Crippen molar-refractivity contribution in [2.45, 2.75) is 34.1 Å². The van der Waals surface area contributed by atoms with Crippen LogP contribution in [0.2, 0.25) is 0 Å². The maximum Gasteiger partial charge on any atom is -0.0222 e. The first-order chi connectivity index (χ1) is 4.79. The summed E-state index contributed by atoms with van der Waals surface area (Å²) in [5.41, 5.74) is 1.41. The molecule has 0 aromatic carbocycles. The molecule has 0 N–H and O–H groups in total. The van der Waals surface area contributed by atoms with Gasteiger partial charge in [0, 0.05) is 0 Å². The molecular formula is C10H19Cl. The molecule has 1 aliphatic carbocycles. The standard InChI is InChI=1S/C8H12.C2H6.ClH/c1-7-4-3-5-8(2)6-7;1-2;/h3-4,6,8H,5H2,1-2H3;1-2H3;1H. The molecule has 0 aliphatic heterocycles. The van der Waals surface area contributed by atoms with E-state index in [1.165, 1.54) is 12.0 Å². The third-order valence-corrected chi connectivity index (χ3v) is 1.44. The molecule has 0 radical (unpaired) electrons. The quantitative estimate of drug-likeness (QED) is 0.521. The van der Waals surface area contributed by atoms with Gasteiger partial charge in [-0.1, -0.05) is 44.6 Å². The van der Waals surface area contributed by atoms with Crippen molar-refractivity contribution in [1.29, 1.82) is 0 Å². The molecule has 1 heteroatoms. The molecule has 1 unspecified atom stereocenters. The van der Waals surface area contributed by atoms with Crippen LogP contribution in [0.25, 0.3) is 0 Å². The van der Waals surface area contributed by atoms with E-state index in [9.17, 15) is 0 Å². The summed E-state index contributed by atoms with van der Waals surface area (Å²) in [6, 6.07) is 0. The summed E-state index contributed by atoms with van der Waals surface area (Å²) in [6.07, 6.45) is 7.94. The molecule has 0 bridgehead atoms. The highest BCUT2D eigenvalue weighted by Gasteiger charge is 1.98. The maximum atomic E-state index is 2.31. The van der Waals surface area contributed by atoms with Gasteiger partial charge in [0.15, 0.2) is 0 Å². The maximum absolute atomic E-state index is 2.31. The lowest BCUT2D eigenvalue weighted by Gasteiger charge is -2.07. The molecule has 0 aromatic heterocycles. The fourth-order valence-corrected chi connectivity index (χ4v) is 1.04. The smallest absolute Gasteiger partial charge is 0.0222 e. The Labute approximate surface area is 76.8 Å². The van der Waals surface area contributed by atoms with Gasteiger partial charge < -0.3 is 0 Å². The molecule has 1 aliphatic rings. The van der Waals surface area contributed by atoms with Crippen LogP contribution in [-0.4, -0.2) is 0 Å². The molecule has 0 heterocycles. The largest absolute Gasteiger partial charge is 0.147 e. The Morgan fingerprint density at radius 2 is 1.91 bits per heavy atom. The Morgan fingerprint density at radius 3 is 2.18 bits per heavy atom. The van der Waals surface area contributed by atoms with E-state index >= 15 is 0 Å². The van der Waals surface area contributed by atoms with Gasteiger partial charge in [0.25, 0.3) is 0 Å². The monoisotopic (exact) mass is 174 g/mol. The van der Waals surface area contributed by atoms with E-state index in [4.69, 9.17) is 0 Å². The topological polar surface area (TPSA) is 0 Å². The van der Waals surface area contributed by atoms with Crippen molar-refractivity contribution in [2.24, 2.45) is 5.92 Å². The molecule has 0 aromatic rings. The number of hydrogen-bond acceptors (Lipinski definition) is 0. The summed E-state index contributed by atoms with van der Waals surface area (Å²) in [5.74, 6) is 0.764. The highest BCUT2D eigenvalue weighted by atomic mass is 35.5. The minimum absolute atomic E-state index is 0. The predicted molar refractivity (Wildman–Crippen MR) is 55.3 cm³/mol. The number of allylic oxidation sites excluding steroid dienone is 4. The van der Waals surface area contributed by atoms with E-state index < -0.39 is 0 Å². The molecule has 0 saturated heterocycles. The van der Waals surface area contributed by atoms with Gasteiger partial charge in [-0.05, 0) is 19.3 Å². The summed E-state index contributed by atoms with van der Waals surface area (Å²) in [5, 5.41) is 0. The van der Waals surface area contributed by atoms with Gasteiger partial charge in [-0.2, -0.15) is 0 Å². The first-order valence-corrected chi connectivity index (χ1v) is 4.14. The normalized spacial score (nSPS) is 20.7. The lowest BCUT2D eigenvalue weighted by molar-refractivity contribution is 0.729. The zero-order valence-electron chi connectivity index (χ0n) is 7.92. The zero-order chi connectivity index (χ0) is 7.98. The minimum Gasteiger partial charge on any atom is -0.147 e. The van der Waals surface area contributed by atoms with Gasteiger partial charge in [0.1, 0.15) is 0 Å². The number of halogens is 1. The highest BCUT2D eigenvalue weighted by Crippen LogP contribution is 2.14. The predicted octanol–water partition coefficient (Wildman–Crippen LogP) is 3.98. The summed E-state index contributed by atoms with van der Waals surface area (Å²) in [7, 11) is 0. The Hall–Kier alpha value is -0.230. The molecule has 0 nitrogen and oxygen atoms in total. The molecular weight excluding hydrogens is 156 g/mol. The van der Waals surface area contributed by atoms with E-state index in [0.29, 0.717) is 0 Å². The van der Waals surface area contributed by atoms with E-state index in [-0.39, 0.29) is 12.4 Å². The van der Waals surface area contributed by atoms with Gasteiger partial charge in [0.05, 0.1) is 0 Å². The Kier molecular flexibility index (Phi) is 9.57. The van der Waals surface area contributed by atoms with Crippen molar-refractivity contribution < 1.29 is 0 Å². The van der Waals surface area contributed by atoms with E-state index in [1.54, 1.807) is 0 Å². The number of hydrogen-bond donors (Lipinski definition) is 0.